The van der Waals surface area contributed by atoms with Crippen LogP contribution < -0.4 is 52.2 Å². The fraction of sp³-hybridized carbons (Fsp3) is 0.244. The number of ether oxygens (including phenoxy) is 5. The second-order valence-corrected chi connectivity index (χ2v) is 12.1. The summed E-state index contributed by atoms with van der Waals surface area (Å²) in [6.07, 6.45) is 9.79. The number of aromatic nitrogens is 1. The van der Waals surface area contributed by atoms with E-state index in [4.69, 9.17) is 23.7 Å². The van der Waals surface area contributed by atoms with Gasteiger partial charge in [-0.1, -0.05) is 24.3 Å². The van der Waals surface area contributed by atoms with E-state index < -0.39 is 0 Å². The van der Waals surface area contributed by atoms with E-state index in [0.29, 0.717) is 18.8 Å². The van der Waals surface area contributed by atoms with Gasteiger partial charge in [0.15, 0.2) is 35.7 Å². The number of fused-ring (bicyclic) bond motifs is 5. The Kier molecular flexibility index (Phi) is 10.3. The summed E-state index contributed by atoms with van der Waals surface area (Å²) in [5.41, 5.74) is 8.69. The van der Waals surface area contributed by atoms with Crippen molar-refractivity contribution in [3.8, 4) is 56.9 Å². The van der Waals surface area contributed by atoms with Gasteiger partial charge < -0.3 is 52.8 Å². The molecule has 0 saturated heterocycles. The van der Waals surface area contributed by atoms with E-state index in [9.17, 15) is 5.11 Å². The molecule has 0 bridgehead atoms. The van der Waals surface area contributed by atoms with Gasteiger partial charge >= 0.3 is 0 Å². The normalized spacial score (nSPS) is 12.4. The van der Waals surface area contributed by atoms with Gasteiger partial charge in [0.05, 0.1) is 31.8 Å². The van der Waals surface area contributed by atoms with Crippen LogP contribution in [0.25, 0.3) is 33.2 Å². The average Bonchev–Trinajstić information content (AvgIpc) is 3.57. The van der Waals surface area contributed by atoms with Gasteiger partial charge in [0.1, 0.15) is 11.5 Å². The zero-order valence-corrected chi connectivity index (χ0v) is 30.0. The largest absolute Gasteiger partial charge is 1.00 e. The summed E-state index contributed by atoms with van der Waals surface area (Å²) < 4.78 is 31.8. The van der Waals surface area contributed by atoms with Crippen molar-refractivity contribution in [3.05, 3.63) is 114 Å². The third-order valence-electron chi connectivity index (χ3n) is 9.25. The number of benzene rings is 4. The first-order valence-electron chi connectivity index (χ1n) is 16.4. The molecule has 3 heterocycles. The summed E-state index contributed by atoms with van der Waals surface area (Å²) in [6, 6.07) is 20.2. The Balaban J connectivity index is 0.00000417. The standard InChI is InChI=1S/C41H39NO6.HI/c1-5-8-26-11-14-35(43)32(20-26)27-12-15-36(29(21-27)9-6-2)46-19-7-10-31-30-13-16-37(44-3)41(45-4)34(30)24-42-18-17-28-22-38-39(48-25-47-38)23-33(28)40(31)42;/h5-6,11-16,20-24H,1-2,7-10,17-19,25H2,3-4H3;1H. The Labute approximate surface area is 304 Å². The van der Waals surface area contributed by atoms with Crippen molar-refractivity contribution in [3.63, 3.8) is 0 Å². The molecule has 1 N–H and O–H groups in total. The van der Waals surface area contributed by atoms with Crippen molar-refractivity contribution < 1.29 is 57.3 Å². The van der Waals surface area contributed by atoms with Crippen LogP contribution in [0.4, 0.5) is 0 Å². The molecule has 0 amide bonds. The van der Waals surface area contributed by atoms with Crippen LogP contribution in [0.15, 0.2) is 92.2 Å². The number of halogens is 1. The third-order valence-corrected chi connectivity index (χ3v) is 9.25. The summed E-state index contributed by atoms with van der Waals surface area (Å²) in [6.45, 7) is 9.43. The van der Waals surface area contributed by atoms with Gasteiger partial charge in [-0.25, -0.2) is 0 Å². The minimum Gasteiger partial charge on any atom is -1.00 e. The van der Waals surface area contributed by atoms with Crippen molar-refractivity contribution in [1.82, 2.24) is 0 Å². The summed E-state index contributed by atoms with van der Waals surface area (Å²) in [7, 11) is 3.36. The van der Waals surface area contributed by atoms with Crippen LogP contribution in [0.1, 0.15) is 28.7 Å². The fourth-order valence-corrected chi connectivity index (χ4v) is 7.00. The van der Waals surface area contributed by atoms with Crippen molar-refractivity contribution >= 4 is 10.8 Å². The molecular formula is C41H40INO6. The second kappa shape index (κ2) is 14.8. The summed E-state index contributed by atoms with van der Waals surface area (Å²) in [4.78, 5) is 0. The van der Waals surface area contributed by atoms with E-state index >= 15 is 0 Å². The third kappa shape index (κ3) is 6.54. The number of methoxy groups -OCH3 is 2. The van der Waals surface area contributed by atoms with Crippen LogP contribution in [0.5, 0.6) is 34.5 Å². The predicted molar refractivity (Wildman–Crippen MR) is 188 cm³/mol. The van der Waals surface area contributed by atoms with Crippen molar-refractivity contribution in [1.29, 1.82) is 0 Å². The number of hydrogen-bond donors (Lipinski definition) is 1. The highest BCUT2D eigenvalue weighted by atomic mass is 127. The summed E-state index contributed by atoms with van der Waals surface area (Å²) in [5, 5.41) is 12.8. The van der Waals surface area contributed by atoms with Crippen LogP contribution in [-0.2, 0) is 32.2 Å². The van der Waals surface area contributed by atoms with E-state index in [2.05, 4.69) is 48.2 Å². The van der Waals surface area contributed by atoms with Gasteiger partial charge in [-0.15, -0.1) is 13.2 Å². The molecule has 4 aromatic carbocycles. The van der Waals surface area contributed by atoms with Crippen LogP contribution in [0.2, 0.25) is 0 Å². The number of aryl methyl sites for hydroxylation is 3. The molecule has 0 fully saturated rings. The lowest BCUT2D eigenvalue weighted by Gasteiger charge is -2.21. The van der Waals surface area contributed by atoms with Gasteiger partial charge in [-0.2, -0.15) is 4.57 Å². The number of allylic oxidation sites excluding steroid dienone is 2. The van der Waals surface area contributed by atoms with E-state index in [0.717, 1.165) is 88.3 Å². The number of pyridine rings is 1. The zero-order valence-electron chi connectivity index (χ0n) is 27.9. The average molecular weight is 770 g/mol. The van der Waals surface area contributed by atoms with Crippen molar-refractivity contribution in [2.24, 2.45) is 0 Å². The lowest BCUT2D eigenvalue weighted by molar-refractivity contribution is -0.686. The van der Waals surface area contributed by atoms with Crippen LogP contribution >= 0.6 is 0 Å². The SMILES string of the molecule is C=CCc1ccc(O)c(-c2ccc(OCCCc3c4[n+](cc5c(OC)c(OC)ccc35)CCc3cc5c(cc3-4)OCO5)c(CC=C)c2)c1.[I-]. The molecule has 2 aliphatic rings. The maximum absolute atomic E-state index is 10.7. The highest BCUT2D eigenvalue weighted by Gasteiger charge is 2.32. The van der Waals surface area contributed by atoms with Crippen LogP contribution in [0.3, 0.4) is 0 Å². The zero-order chi connectivity index (χ0) is 33.2. The highest BCUT2D eigenvalue weighted by Crippen LogP contribution is 2.44. The smallest absolute Gasteiger partial charge is 0.231 e. The Bertz CT molecular complexity index is 2060. The second-order valence-electron chi connectivity index (χ2n) is 12.1. The van der Waals surface area contributed by atoms with E-state index in [1.165, 1.54) is 22.4 Å². The minimum atomic E-state index is 0. The lowest BCUT2D eigenvalue weighted by atomic mass is 9.89. The molecule has 8 heteroatoms. The first-order valence-corrected chi connectivity index (χ1v) is 16.4. The first-order chi connectivity index (χ1) is 23.5. The predicted octanol–water partition coefficient (Wildman–Crippen LogP) is 4.94. The highest BCUT2D eigenvalue weighted by molar-refractivity contribution is 5.95. The van der Waals surface area contributed by atoms with Crippen LogP contribution in [-0.4, -0.2) is 32.7 Å². The molecule has 252 valence electrons. The molecule has 0 spiro atoms. The van der Waals surface area contributed by atoms with E-state index in [-0.39, 0.29) is 36.5 Å². The van der Waals surface area contributed by atoms with Gasteiger partial charge in [-0.05, 0) is 96.5 Å². The van der Waals surface area contributed by atoms with Crippen molar-refractivity contribution in [2.75, 3.05) is 27.6 Å². The number of aromatic hydroxyl groups is 1. The Morgan fingerprint density at radius 3 is 2.43 bits per heavy atom. The molecular weight excluding hydrogens is 729 g/mol. The molecule has 1 aromatic heterocycles. The quantitative estimate of drug-likeness (QED) is 0.0841. The number of phenolic OH excluding ortho intramolecular Hbond substituents is 1. The molecule has 0 saturated carbocycles. The molecule has 49 heavy (non-hydrogen) atoms. The molecule has 0 unspecified atom stereocenters. The van der Waals surface area contributed by atoms with Gasteiger partial charge in [0.2, 0.25) is 12.5 Å². The maximum Gasteiger partial charge on any atom is 0.231 e. The molecule has 2 aliphatic heterocycles. The molecule has 7 nitrogen and oxygen atoms in total. The number of phenols is 1. The first kappa shape index (κ1) is 34.2. The molecule has 0 radical (unpaired) electrons. The molecule has 0 aliphatic carbocycles. The summed E-state index contributed by atoms with van der Waals surface area (Å²) in [5.74, 6) is 4.09. The lowest BCUT2D eigenvalue weighted by Crippen LogP contribution is -3.00. The molecule has 0 atom stereocenters. The number of rotatable bonds is 12. The topological polar surface area (TPSA) is 70.3 Å². The van der Waals surface area contributed by atoms with E-state index in [1.807, 2.05) is 42.5 Å². The van der Waals surface area contributed by atoms with Gasteiger partial charge in [-0.3, -0.25) is 0 Å². The Morgan fingerprint density at radius 2 is 1.65 bits per heavy atom. The molecule has 5 aromatic rings. The Morgan fingerprint density at radius 1 is 0.857 bits per heavy atom. The minimum absolute atomic E-state index is 0. The van der Waals surface area contributed by atoms with Crippen molar-refractivity contribution in [2.45, 2.75) is 38.6 Å². The number of nitrogens with zero attached hydrogens (tertiary/aromatic N) is 1. The van der Waals surface area contributed by atoms with E-state index in [1.54, 1.807) is 20.3 Å². The monoisotopic (exact) mass is 769 g/mol. The fourth-order valence-electron chi connectivity index (χ4n) is 7.00. The molecule has 7 rings (SSSR count). The number of hydrogen-bond acceptors (Lipinski definition) is 6. The maximum atomic E-state index is 10.7. The Hall–Kier alpha value is -4.70. The van der Waals surface area contributed by atoms with Gasteiger partial charge in [0.25, 0.3) is 0 Å². The summed E-state index contributed by atoms with van der Waals surface area (Å²) >= 11 is 0. The van der Waals surface area contributed by atoms with Crippen LogP contribution in [0, 0.1) is 0 Å². The van der Waals surface area contributed by atoms with Gasteiger partial charge in [0, 0.05) is 22.9 Å².